The molecule has 0 aliphatic carbocycles. The second kappa shape index (κ2) is 4.67. The largest absolute Gasteiger partial charge is 0.416 e. The average molecular weight is 260 g/mol. The summed E-state index contributed by atoms with van der Waals surface area (Å²) in [5.74, 6) is -0.532. The Hall–Kier alpha value is -2.05. The van der Waals surface area contributed by atoms with Crippen LogP contribution in [0.15, 0.2) is 35.1 Å². The fraction of sp³-hybridized carbons (Fsp3) is 0.182. The van der Waals surface area contributed by atoms with Gasteiger partial charge in [-0.25, -0.2) is 4.39 Å². The molecule has 0 fully saturated rings. The van der Waals surface area contributed by atoms with E-state index in [1.165, 1.54) is 12.3 Å². The number of hydrogen-bond donors (Lipinski definition) is 1. The van der Waals surface area contributed by atoms with Crippen molar-refractivity contribution in [1.82, 2.24) is 5.16 Å². The molecule has 0 saturated carbocycles. The standard InChI is InChI=1S/C11H8F4N2O/c12-9-5-8(11(13,14)15)2-1-7(9)6-16-10-3-4-18-17-10/h1-5H,6H2,(H,16,17). The van der Waals surface area contributed by atoms with Gasteiger partial charge >= 0.3 is 6.18 Å². The molecule has 2 aromatic rings. The van der Waals surface area contributed by atoms with Gasteiger partial charge in [0.2, 0.25) is 0 Å². The Bertz CT molecular complexity index is 522. The van der Waals surface area contributed by atoms with Crippen LogP contribution >= 0.6 is 0 Å². The Morgan fingerprint density at radius 3 is 2.56 bits per heavy atom. The first-order chi connectivity index (χ1) is 8.47. The van der Waals surface area contributed by atoms with Crippen molar-refractivity contribution in [3.05, 3.63) is 47.5 Å². The van der Waals surface area contributed by atoms with E-state index >= 15 is 0 Å². The smallest absolute Gasteiger partial charge is 0.363 e. The molecule has 0 radical (unpaired) electrons. The fourth-order valence-electron chi connectivity index (χ4n) is 1.36. The van der Waals surface area contributed by atoms with Crippen LogP contribution in [0.1, 0.15) is 11.1 Å². The third kappa shape index (κ3) is 2.79. The lowest BCUT2D eigenvalue weighted by Crippen LogP contribution is -2.08. The molecule has 1 heterocycles. The maximum atomic E-state index is 13.4. The molecular weight excluding hydrogens is 252 g/mol. The normalized spacial score (nSPS) is 11.6. The van der Waals surface area contributed by atoms with Crippen LogP contribution in [0.25, 0.3) is 0 Å². The van der Waals surface area contributed by atoms with E-state index in [1.807, 2.05) is 0 Å². The lowest BCUT2D eigenvalue weighted by Gasteiger charge is -2.09. The van der Waals surface area contributed by atoms with Crippen LogP contribution in [-0.2, 0) is 12.7 Å². The molecule has 0 saturated heterocycles. The molecule has 1 N–H and O–H groups in total. The van der Waals surface area contributed by atoms with Gasteiger partial charge in [-0.2, -0.15) is 13.2 Å². The summed E-state index contributed by atoms with van der Waals surface area (Å²) >= 11 is 0. The molecule has 2 rings (SSSR count). The van der Waals surface area contributed by atoms with Gasteiger partial charge in [0.1, 0.15) is 12.1 Å². The van der Waals surface area contributed by atoms with Gasteiger partial charge in [-0.1, -0.05) is 11.2 Å². The maximum Gasteiger partial charge on any atom is 0.416 e. The fourth-order valence-corrected chi connectivity index (χ4v) is 1.36. The first-order valence-electron chi connectivity index (χ1n) is 4.96. The number of halogens is 4. The van der Waals surface area contributed by atoms with Crippen molar-refractivity contribution in [2.24, 2.45) is 0 Å². The minimum atomic E-state index is -4.54. The zero-order chi connectivity index (χ0) is 13.2. The molecule has 0 atom stereocenters. The molecular formula is C11H8F4N2O. The summed E-state index contributed by atoms with van der Waals surface area (Å²) in [5.41, 5.74) is -0.892. The van der Waals surface area contributed by atoms with Gasteiger partial charge in [0.05, 0.1) is 5.56 Å². The summed E-state index contributed by atoms with van der Waals surface area (Å²) in [7, 11) is 0. The van der Waals surface area contributed by atoms with Gasteiger partial charge < -0.3 is 9.84 Å². The maximum absolute atomic E-state index is 13.4. The van der Waals surface area contributed by atoms with Crippen molar-refractivity contribution in [2.75, 3.05) is 5.32 Å². The summed E-state index contributed by atoms with van der Waals surface area (Å²) in [6.45, 7) is 0.0243. The summed E-state index contributed by atoms with van der Waals surface area (Å²) in [6.07, 6.45) is -3.22. The molecule has 7 heteroatoms. The predicted molar refractivity (Wildman–Crippen MR) is 55.2 cm³/mol. The Labute approximate surface area is 99.4 Å². The number of nitrogens with one attached hydrogen (secondary N) is 1. The zero-order valence-electron chi connectivity index (χ0n) is 8.96. The summed E-state index contributed by atoms with van der Waals surface area (Å²) in [6, 6.07) is 3.91. The summed E-state index contributed by atoms with van der Waals surface area (Å²) < 4.78 is 54.9. The van der Waals surface area contributed by atoms with Crippen molar-refractivity contribution >= 4 is 5.82 Å². The lowest BCUT2D eigenvalue weighted by molar-refractivity contribution is -0.137. The Kier molecular flexibility index (Phi) is 3.22. The van der Waals surface area contributed by atoms with Gasteiger partial charge in [-0.15, -0.1) is 0 Å². The molecule has 0 bridgehead atoms. The topological polar surface area (TPSA) is 38.1 Å². The highest BCUT2D eigenvalue weighted by molar-refractivity contribution is 5.34. The van der Waals surface area contributed by atoms with Crippen LogP contribution in [0.3, 0.4) is 0 Å². The van der Waals surface area contributed by atoms with E-state index in [0.717, 1.165) is 12.1 Å². The van der Waals surface area contributed by atoms with Crippen LogP contribution < -0.4 is 5.32 Å². The van der Waals surface area contributed by atoms with Gasteiger partial charge in [-0.3, -0.25) is 0 Å². The number of nitrogens with zero attached hydrogens (tertiary/aromatic N) is 1. The van der Waals surface area contributed by atoms with E-state index in [4.69, 9.17) is 0 Å². The van der Waals surface area contributed by atoms with E-state index in [-0.39, 0.29) is 12.1 Å². The Balaban J connectivity index is 2.10. The molecule has 0 spiro atoms. The number of benzene rings is 1. The van der Waals surface area contributed by atoms with E-state index in [0.29, 0.717) is 11.9 Å². The van der Waals surface area contributed by atoms with Crippen molar-refractivity contribution in [3.8, 4) is 0 Å². The van der Waals surface area contributed by atoms with E-state index in [1.54, 1.807) is 0 Å². The Morgan fingerprint density at radius 2 is 2.00 bits per heavy atom. The van der Waals surface area contributed by atoms with Crippen LogP contribution in [0.5, 0.6) is 0 Å². The van der Waals surface area contributed by atoms with Crippen LogP contribution in [0, 0.1) is 5.82 Å². The second-order valence-corrected chi connectivity index (χ2v) is 3.54. The molecule has 96 valence electrons. The quantitative estimate of drug-likeness (QED) is 0.859. The van der Waals surface area contributed by atoms with Crippen LogP contribution in [0.4, 0.5) is 23.4 Å². The highest BCUT2D eigenvalue weighted by Crippen LogP contribution is 2.30. The molecule has 1 aromatic heterocycles. The molecule has 0 aliphatic heterocycles. The van der Waals surface area contributed by atoms with Gasteiger partial charge in [-0.05, 0) is 12.1 Å². The number of rotatable bonds is 3. The van der Waals surface area contributed by atoms with Crippen LogP contribution in [-0.4, -0.2) is 5.16 Å². The first kappa shape index (κ1) is 12.4. The number of alkyl halides is 3. The third-order valence-electron chi connectivity index (χ3n) is 2.28. The summed E-state index contributed by atoms with van der Waals surface area (Å²) in [5, 5.41) is 6.24. The van der Waals surface area contributed by atoms with E-state index in [2.05, 4.69) is 15.0 Å². The number of anilines is 1. The van der Waals surface area contributed by atoms with Gasteiger partial charge in [0, 0.05) is 18.2 Å². The average Bonchev–Trinajstić information content (AvgIpc) is 2.79. The van der Waals surface area contributed by atoms with E-state index in [9.17, 15) is 17.6 Å². The second-order valence-electron chi connectivity index (χ2n) is 3.54. The molecule has 0 aliphatic rings. The van der Waals surface area contributed by atoms with Crippen LogP contribution in [0.2, 0.25) is 0 Å². The van der Waals surface area contributed by atoms with Gasteiger partial charge in [0.15, 0.2) is 5.82 Å². The molecule has 1 aromatic carbocycles. The molecule has 18 heavy (non-hydrogen) atoms. The monoisotopic (exact) mass is 260 g/mol. The minimum absolute atomic E-state index is 0.0243. The molecule has 3 nitrogen and oxygen atoms in total. The molecule has 0 amide bonds. The molecule has 0 unspecified atom stereocenters. The van der Waals surface area contributed by atoms with Crippen molar-refractivity contribution < 1.29 is 22.1 Å². The Morgan fingerprint density at radius 1 is 1.22 bits per heavy atom. The number of aromatic nitrogens is 1. The predicted octanol–water partition coefficient (Wildman–Crippen LogP) is 3.44. The van der Waals surface area contributed by atoms with E-state index < -0.39 is 17.6 Å². The third-order valence-corrected chi connectivity index (χ3v) is 2.28. The highest BCUT2D eigenvalue weighted by Gasteiger charge is 2.31. The van der Waals surface area contributed by atoms with Crippen molar-refractivity contribution in [1.29, 1.82) is 0 Å². The highest BCUT2D eigenvalue weighted by atomic mass is 19.4. The first-order valence-corrected chi connectivity index (χ1v) is 4.96. The van der Waals surface area contributed by atoms with Gasteiger partial charge in [0.25, 0.3) is 0 Å². The zero-order valence-corrected chi connectivity index (χ0v) is 8.96. The van der Waals surface area contributed by atoms with Crippen molar-refractivity contribution in [3.63, 3.8) is 0 Å². The SMILES string of the molecule is Fc1cc(C(F)(F)F)ccc1CNc1ccon1. The van der Waals surface area contributed by atoms with Crippen molar-refractivity contribution in [2.45, 2.75) is 12.7 Å². The summed E-state index contributed by atoms with van der Waals surface area (Å²) in [4.78, 5) is 0. The number of hydrogen-bond acceptors (Lipinski definition) is 3. The minimum Gasteiger partial charge on any atom is -0.363 e. The lowest BCUT2D eigenvalue weighted by atomic mass is 10.1.